The third-order valence-corrected chi connectivity index (χ3v) is 4.63. The van der Waals surface area contributed by atoms with E-state index < -0.39 is 0 Å². The molecule has 1 atom stereocenters. The minimum atomic E-state index is -0.122. The Morgan fingerprint density at radius 2 is 1.90 bits per heavy atom. The molecule has 0 radical (unpaired) electrons. The van der Waals surface area contributed by atoms with Gasteiger partial charge in [-0.1, -0.05) is 18.2 Å². The molecule has 2 aromatic carbocycles. The molecule has 1 fully saturated rings. The van der Waals surface area contributed by atoms with Crippen molar-refractivity contribution < 1.29 is 23.7 Å². The molecule has 1 aliphatic heterocycles. The lowest BCUT2D eigenvalue weighted by Gasteiger charge is -2.14. The summed E-state index contributed by atoms with van der Waals surface area (Å²) >= 11 is 0. The highest BCUT2D eigenvalue weighted by molar-refractivity contribution is 5.94. The van der Waals surface area contributed by atoms with E-state index in [2.05, 4.69) is 5.32 Å². The summed E-state index contributed by atoms with van der Waals surface area (Å²) < 4.78 is 22.7. The Bertz CT molecular complexity index is 759. The molecule has 6 heteroatoms. The van der Waals surface area contributed by atoms with Gasteiger partial charge in [-0.3, -0.25) is 4.79 Å². The van der Waals surface area contributed by atoms with Crippen LogP contribution in [0.15, 0.2) is 48.5 Å². The van der Waals surface area contributed by atoms with E-state index in [4.69, 9.17) is 18.9 Å². The summed E-state index contributed by atoms with van der Waals surface area (Å²) in [6.07, 6.45) is 3.29. The summed E-state index contributed by atoms with van der Waals surface area (Å²) in [7, 11) is 0. The highest BCUT2D eigenvalue weighted by Crippen LogP contribution is 2.28. The molecule has 1 heterocycles. The monoisotopic (exact) mass is 399 g/mol. The van der Waals surface area contributed by atoms with Crippen molar-refractivity contribution in [2.24, 2.45) is 0 Å². The lowest BCUT2D eigenvalue weighted by atomic mass is 10.1. The van der Waals surface area contributed by atoms with Crippen LogP contribution >= 0.6 is 0 Å². The van der Waals surface area contributed by atoms with Crippen LogP contribution < -0.4 is 19.5 Å². The van der Waals surface area contributed by atoms with Crippen LogP contribution in [0.2, 0.25) is 0 Å². The van der Waals surface area contributed by atoms with Gasteiger partial charge < -0.3 is 24.3 Å². The van der Waals surface area contributed by atoms with E-state index in [1.807, 2.05) is 37.3 Å². The normalized spacial score (nSPS) is 15.7. The topological polar surface area (TPSA) is 66.0 Å². The van der Waals surface area contributed by atoms with Crippen LogP contribution in [0.3, 0.4) is 0 Å². The van der Waals surface area contributed by atoms with Crippen molar-refractivity contribution in [3.05, 3.63) is 54.1 Å². The molecule has 6 nitrogen and oxygen atoms in total. The molecule has 0 saturated carbocycles. The first-order valence-electron chi connectivity index (χ1n) is 10.2. The Labute approximate surface area is 172 Å². The molecule has 0 aromatic heterocycles. The van der Waals surface area contributed by atoms with Crippen LogP contribution in [0, 0.1) is 0 Å². The summed E-state index contributed by atoms with van der Waals surface area (Å²) in [6.45, 7) is 4.61. The Morgan fingerprint density at radius 3 is 2.66 bits per heavy atom. The van der Waals surface area contributed by atoms with Gasteiger partial charge in [0.15, 0.2) is 11.5 Å². The molecule has 1 amide bonds. The molecule has 0 spiro atoms. The third-order valence-electron chi connectivity index (χ3n) is 4.63. The average molecular weight is 399 g/mol. The predicted octanol–water partition coefficient (Wildman–Crippen LogP) is 3.84. The zero-order valence-electron chi connectivity index (χ0n) is 16.9. The van der Waals surface area contributed by atoms with Crippen molar-refractivity contribution >= 4 is 5.91 Å². The van der Waals surface area contributed by atoms with Gasteiger partial charge >= 0.3 is 0 Å². The standard InChI is InChI=1S/C23H29NO5/c1-2-26-22-17-18(23(25)24-13-12-20-9-6-14-27-20)10-11-21(22)29-16-15-28-19-7-4-3-5-8-19/h3-5,7-8,10-11,17,20H,2,6,9,12-16H2,1H3,(H,24,25). The van der Waals surface area contributed by atoms with Crippen molar-refractivity contribution in [2.45, 2.75) is 32.3 Å². The highest BCUT2D eigenvalue weighted by Gasteiger charge is 2.16. The van der Waals surface area contributed by atoms with Crippen LogP contribution in [0.4, 0.5) is 0 Å². The maximum Gasteiger partial charge on any atom is 0.251 e. The summed E-state index contributed by atoms with van der Waals surface area (Å²) in [6, 6.07) is 14.8. The summed E-state index contributed by atoms with van der Waals surface area (Å²) in [4.78, 5) is 12.4. The number of amides is 1. The van der Waals surface area contributed by atoms with Crippen molar-refractivity contribution in [1.82, 2.24) is 5.32 Å². The molecular formula is C23H29NO5. The van der Waals surface area contributed by atoms with Gasteiger partial charge in [0.05, 0.1) is 12.7 Å². The zero-order chi connectivity index (χ0) is 20.3. The molecule has 0 bridgehead atoms. The highest BCUT2D eigenvalue weighted by atomic mass is 16.5. The molecule has 1 unspecified atom stereocenters. The maximum absolute atomic E-state index is 12.4. The van der Waals surface area contributed by atoms with E-state index in [-0.39, 0.29) is 12.0 Å². The van der Waals surface area contributed by atoms with Gasteiger partial charge in [0, 0.05) is 18.7 Å². The molecule has 1 saturated heterocycles. The molecule has 1 aliphatic rings. The Balaban J connectivity index is 1.49. The number of rotatable bonds is 11. The molecule has 29 heavy (non-hydrogen) atoms. The predicted molar refractivity (Wildman–Crippen MR) is 111 cm³/mol. The van der Waals surface area contributed by atoms with E-state index in [1.165, 1.54) is 0 Å². The van der Waals surface area contributed by atoms with Gasteiger partial charge in [-0.25, -0.2) is 0 Å². The quantitative estimate of drug-likeness (QED) is 0.582. The van der Waals surface area contributed by atoms with Gasteiger partial charge in [0.2, 0.25) is 0 Å². The summed E-state index contributed by atoms with van der Waals surface area (Å²) in [5.74, 6) is 1.83. The van der Waals surface area contributed by atoms with Crippen LogP contribution in [0.25, 0.3) is 0 Å². The maximum atomic E-state index is 12.4. The van der Waals surface area contributed by atoms with Crippen molar-refractivity contribution in [2.75, 3.05) is 33.0 Å². The average Bonchev–Trinajstić information content (AvgIpc) is 3.26. The number of ether oxygens (including phenoxy) is 4. The molecule has 1 N–H and O–H groups in total. The smallest absolute Gasteiger partial charge is 0.251 e. The van der Waals surface area contributed by atoms with Crippen LogP contribution in [0.5, 0.6) is 17.2 Å². The van der Waals surface area contributed by atoms with Gasteiger partial charge in [-0.05, 0) is 56.5 Å². The second-order valence-corrected chi connectivity index (χ2v) is 6.78. The zero-order valence-corrected chi connectivity index (χ0v) is 16.9. The second-order valence-electron chi connectivity index (χ2n) is 6.78. The molecular weight excluding hydrogens is 370 g/mol. The number of carbonyl (C=O) groups excluding carboxylic acids is 1. The lowest BCUT2D eigenvalue weighted by Crippen LogP contribution is -2.27. The van der Waals surface area contributed by atoms with Gasteiger partial charge in [0.1, 0.15) is 19.0 Å². The van der Waals surface area contributed by atoms with E-state index in [0.29, 0.717) is 43.4 Å². The van der Waals surface area contributed by atoms with Crippen molar-refractivity contribution in [3.63, 3.8) is 0 Å². The molecule has 156 valence electrons. The number of para-hydroxylation sites is 1. The first kappa shape index (κ1) is 21.0. The first-order chi connectivity index (χ1) is 14.3. The fraction of sp³-hybridized carbons (Fsp3) is 0.435. The van der Waals surface area contributed by atoms with E-state index >= 15 is 0 Å². The SMILES string of the molecule is CCOc1cc(C(=O)NCCC2CCCO2)ccc1OCCOc1ccccc1. The summed E-state index contributed by atoms with van der Waals surface area (Å²) in [5.41, 5.74) is 0.550. The Kier molecular flexibility index (Phi) is 8.19. The minimum Gasteiger partial charge on any atom is -0.490 e. The largest absolute Gasteiger partial charge is 0.490 e. The fourth-order valence-corrected chi connectivity index (χ4v) is 3.19. The third kappa shape index (κ3) is 6.68. The summed E-state index contributed by atoms with van der Waals surface area (Å²) in [5, 5.41) is 2.95. The fourth-order valence-electron chi connectivity index (χ4n) is 3.19. The number of benzene rings is 2. The molecule has 0 aliphatic carbocycles. The number of nitrogens with one attached hydrogen (secondary N) is 1. The lowest BCUT2D eigenvalue weighted by molar-refractivity contribution is 0.0906. The van der Waals surface area contributed by atoms with Gasteiger partial charge in [-0.15, -0.1) is 0 Å². The molecule has 2 aromatic rings. The molecule has 3 rings (SSSR count). The van der Waals surface area contributed by atoms with Gasteiger partial charge in [-0.2, -0.15) is 0 Å². The van der Waals surface area contributed by atoms with Crippen LogP contribution in [-0.4, -0.2) is 45.0 Å². The number of hydrogen-bond acceptors (Lipinski definition) is 5. The minimum absolute atomic E-state index is 0.122. The van der Waals surface area contributed by atoms with E-state index in [9.17, 15) is 4.79 Å². The van der Waals surface area contributed by atoms with E-state index in [1.54, 1.807) is 18.2 Å². The number of hydrogen-bond donors (Lipinski definition) is 1. The van der Waals surface area contributed by atoms with Crippen molar-refractivity contribution in [1.29, 1.82) is 0 Å². The Hall–Kier alpha value is -2.73. The van der Waals surface area contributed by atoms with Gasteiger partial charge in [0.25, 0.3) is 5.91 Å². The van der Waals surface area contributed by atoms with Crippen LogP contribution in [-0.2, 0) is 4.74 Å². The van der Waals surface area contributed by atoms with Crippen LogP contribution in [0.1, 0.15) is 36.5 Å². The Morgan fingerprint density at radius 1 is 1.07 bits per heavy atom. The van der Waals surface area contributed by atoms with Crippen molar-refractivity contribution in [3.8, 4) is 17.2 Å². The van der Waals surface area contributed by atoms with E-state index in [0.717, 1.165) is 31.6 Å². The number of carbonyl (C=O) groups is 1. The second kappa shape index (κ2) is 11.3. The first-order valence-corrected chi connectivity index (χ1v) is 10.2.